The fraction of sp³-hybridized carbons (Fsp3) is 0.368. The van der Waals surface area contributed by atoms with Crippen molar-refractivity contribution in [1.29, 1.82) is 0 Å². The Balaban J connectivity index is 0.00000225. The molecule has 1 aliphatic heterocycles. The first-order valence-electron chi connectivity index (χ1n) is 8.38. The van der Waals surface area contributed by atoms with Crippen molar-refractivity contribution in [3.05, 3.63) is 59.4 Å². The molecule has 0 spiro atoms. The molecule has 1 atom stereocenters. The van der Waals surface area contributed by atoms with Gasteiger partial charge >= 0.3 is 0 Å². The van der Waals surface area contributed by atoms with Gasteiger partial charge in [-0.3, -0.25) is 9.59 Å². The lowest BCUT2D eigenvalue weighted by molar-refractivity contribution is 0.0680. The minimum atomic E-state index is -0.0482. The first-order chi connectivity index (χ1) is 11.6. The van der Waals surface area contributed by atoms with E-state index in [2.05, 4.69) is 4.98 Å². The molecule has 1 unspecified atom stereocenters. The van der Waals surface area contributed by atoms with Gasteiger partial charge in [-0.05, 0) is 43.9 Å². The van der Waals surface area contributed by atoms with Gasteiger partial charge < -0.3 is 15.6 Å². The maximum atomic E-state index is 12.6. The summed E-state index contributed by atoms with van der Waals surface area (Å²) in [5, 5.41) is 0. The number of halogens is 1. The third-order valence-electron chi connectivity index (χ3n) is 4.82. The number of nitrogens with one attached hydrogen (secondary N) is 1. The Morgan fingerprint density at radius 3 is 2.20 bits per heavy atom. The fourth-order valence-corrected chi connectivity index (χ4v) is 3.21. The molecule has 0 bridgehead atoms. The summed E-state index contributed by atoms with van der Waals surface area (Å²) in [6.45, 7) is 3.52. The second-order valence-corrected chi connectivity index (χ2v) is 6.49. The Kier molecular flexibility index (Phi) is 6.39. The van der Waals surface area contributed by atoms with E-state index in [1.54, 1.807) is 42.7 Å². The number of likely N-dealkylation sites (tertiary alicyclic amines) is 1. The summed E-state index contributed by atoms with van der Waals surface area (Å²) in [5.41, 5.74) is 7.77. The first-order valence-corrected chi connectivity index (χ1v) is 8.38. The molecular formula is C19H24ClN3O2. The molecule has 25 heavy (non-hydrogen) atoms. The van der Waals surface area contributed by atoms with Gasteiger partial charge in [-0.25, -0.2) is 0 Å². The Morgan fingerprint density at radius 2 is 1.68 bits per heavy atom. The summed E-state index contributed by atoms with van der Waals surface area (Å²) >= 11 is 0. The number of benzene rings is 1. The summed E-state index contributed by atoms with van der Waals surface area (Å²) in [6, 6.07) is 8.83. The summed E-state index contributed by atoms with van der Waals surface area (Å²) < 4.78 is 0. The van der Waals surface area contributed by atoms with Crippen LogP contribution in [-0.2, 0) is 0 Å². The minimum absolute atomic E-state index is 0. The number of hydrogen-bond acceptors (Lipinski definition) is 3. The van der Waals surface area contributed by atoms with Gasteiger partial charge in [0.15, 0.2) is 5.78 Å². The van der Waals surface area contributed by atoms with Crippen molar-refractivity contribution >= 4 is 24.1 Å². The highest BCUT2D eigenvalue weighted by Gasteiger charge is 2.25. The van der Waals surface area contributed by atoms with Gasteiger partial charge in [0.1, 0.15) is 0 Å². The van der Waals surface area contributed by atoms with E-state index < -0.39 is 0 Å². The second kappa shape index (κ2) is 8.32. The van der Waals surface area contributed by atoms with Crippen molar-refractivity contribution in [3.8, 4) is 0 Å². The Bertz CT molecular complexity index is 703. The first kappa shape index (κ1) is 19.2. The van der Waals surface area contributed by atoms with Gasteiger partial charge in [-0.15, -0.1) is 12.4 Å². The molecule has 0 aliphatic carbocycles. The molecular weight excluding hydrogens is 338 g/mol. The Labute approximate surface area is 154 Å². The summed E-state index contributed by atoms with van der Waals surface area (Å²) in [4.78, 5) is 29.6. The van der Waals surface area contributed by atoms with E-state index >= 15 is 0 Å². The fourth-order valence-electron chi connectivity index (χ4n) is 3.21. The molecule has 0 saturated carbocycles. The number of H-pyrrole nitrogens is 1. The summed E-state index contributed by atoms with van der Waals surface area (Å²) in [6.07, 6.45) is 5.29. The van der Waals surface area contributed by atoms with Crippen LogP contribution in [0.15, 0.2) is 42.7 Å². The smallest absolute Gasteiger partial charge is 0.253 e. The second-order valence-electron chi connectivity index (χ2n) is 6.49. The maximum Gasteiger partial charge on any atom is 0.253 e. The van der Waals surface area contributed by atoms with E-state index in [1.165, 1.54) is 0 Å². The van der Waals surface area contributed by atoms with Gasteiger partial charge in [0, 0.05) is 48.2 Å². The lowest BCUT2D eigenvalue weighted by Crippen LogP contribution is -2.42. The maximum absolute atomic E-state index is 12.6. The zero-order valence-corrected chi connectivity index (χ0v) is 15.1. The van der Waals surface area contributed by atoms with Crippen LogP contribution in [-0.4, -0.2) is 40.7 Å². The Morgan fingerprint density at radius 1 is 1.08 bits per heavy atom. The number of rotatable bonds is 4. The van der Waals surface area contributed by atoms with Crippen LogP contribution in [0, 0.1) is 5.92 Å². The predicted molar refractivity (Wildman–Crippen MR) is 100 cm³/mol. The van der Waals surface area contributed by atoms with Crippen LogP contribution in [0.5, 0.6) is 0 Å². The summed E-state index contributed by atoms with van der Waals surface area (Å²) in [5.74, 6) is 0.474. The third kappa shape index (κ3) is 4.30. The van der Waals surface area contributed by atoms with Crippen molar-refractivity contribution in [2.45, 2.75) is 25.8 Å². The lowest BCUT2D eigenvalue weighted by Gasteiger charge is -2.33. The highest BCUT2D eigenvalue weighted by molar-refractivity contribution is 6.09. The molecule has 2 aromatic rings. The van der Waals surface area contributed by atoms with Crippen molar-refractivity contribution in [2.75, 3.05) is 13.1 Å². The predicted octanol–water partition coefficient (Wildman–Crippen LogP) is 2.87. The van der Waals surface area contributed by atoms with Gasteiger partial charge in [0.25, 0.3) is 5.91 Å². The Hall–Kier alpha value is -2.11. The van der Waals surface area contributed by atoms with E-state index in [0.29, 0.717) is 22.6 Å². The average Bonchev–Trinajstić information content (AvgIpc) is 3.15. The molecule has 1 aliphatic rings. The number of hydrogen-bond donors (Lipinski definition) is 2. The van der Waals surface area contributed by atoms with Crippen molar-refractivity contribution < 1.29 is 9.59 Å². The van der Waals surface area contributed by atoms with Crippen LogP contribution in [0.1, 0.15) is 46.0 Å². The number of nitrogens with zero attached hydrogens (tertiary/aromatic N) is 1. The number of piperidine rings is 1. The molecule has 1 aromatic heterocycles. The normalized spacial score (nSPS) is 16.2. The number of carbonyl (C=O) groups excluding carboxylic acids is 2. The quantitative estimate of drug-likeness (QED) is 0.822. The number of ketones is 1. The van der Waals surface area contributed by atoms with E-state index in [4.69, 9.17) is 5.73 Å². The van der Waals surface area contributed by atoms with Gasteiger partial charge in [-0.1, -0.05) is 12.1 Å². The standard InChI is InChI=1S/C19H23N3O2.ClH/c1-13(20)14-7-10-22(11-8-14)19(24)16-4-2-15(3-5-16)18(23)17-6-9-21-12-17;/h2-6,9,12-14,21H,7-8,10-11,20H2,1H3;1H. The molecule has 1 aromatic carbocycles. The van der Waals surface area contributed by atoms with E-state index in [0.717, 1.165) is 25.9 Å². The van der Waals surface area contributed by atoms with Crippen molar-refractivity contribution in [3.63, 3.8) is 0 Å². The van der Waals surface area contributed by atoms with Crippen molar-refractivity contribution in [2.24, 2.45) is 11.7 Å². The van der Waals surface area contributed by atoms with Crippen LogP contribution in [0.2, 0.25) is 0 Å². The van der Waals surface area contributed by atoms with Crippen LogP contribution < -0.4 is 5.73 Å². The molecule has 1 fully saturated rings. The third-order valence-corrected chi connectivity index (χ3v) is 4.82. The van der Waals surface area contributed by atoms with Crippen molar-refractivity contribution in [1.82, 2.24) is 9.88 Å². The molecule has 5 nitrogen and oxygen atoms in total. The average molecular weight is 362 g/mol. The topological polar surface area (TPSA) is 79.2 Å². The molecule has 1 amide bonds. The molecule has 0 radical (unpaired) electrons. The number of aromatic amines is 1. The largest absolute Gasteiger partial charge is 0.367 e. The number of carbonyl (C=O) groups is 2. The number of aromatic nitrogens is 1. The molecule has 6 heteroatoms. The molecule has 3 N–H and O–H groups in total. The minimum Gasteiger partial charge on any atom is -0.367 e. The zero-order chi connectivity index (χ0) is 17.1. The van der Waals surface area contributed by atoms with E-state index in [-0.39, 0.29) is 30.1 Å². The highest BCUT2D eigenvalue weighted by Crippen LogP contribution is 2.21. The molecule has 2 heterocycles. The van der Waals surface area contributed by atoms with Gasteiger partial charge in [0.05, 0.1) is 0 Å². The highest BCUT2D eigenvalue weighted by atomic mass is 35.5. The van der Waals surface area contributed by atoms with Gasteiger partial charge in [0.2, 0.25) is 0 Å². The van der Waals surface area contributed by atoms with Crippen LogP contribution in [0.4, 0.5) is 0 Å². The SMILES string of the molecule is CC(N)C1CCN(C(=O)c2ccc(C(=O)c3cc[nH]c3)cc2)CC1.Cl. The summed E-state index contributed by atoms with van der Waals surface area (Å²) in [7, 11) is 0. The van der Waals surface area contributed by atoms with Gasteiger partial charge in [-0.2, -0.15) is 0 Å². The lowest BCUT2D eigenvalue weighted by atomic mass is 9.90. The molecule has 3 rings (SSSR count). The number of amides is 1. The molecule has 134 valence electrons. The van der Waals surface area contributed by atoms with E-state index in [1.807, 2.05) is 11.8 Å². The van der Waals surface area contributed by atoms with E-state index in [9.17, 15) is 9.59 Å². The molecule has 1 saturated heterocycles. The number of nitrogens with two attached hydrogens (primary N) is 1. The zero-order valence-electron chi connectivity index (χ0n) is 14.3. The van der Waals surface area contributed by atoms with Crippen LogP contribution in [0.25, 0.3) is 0 Å². The van der Waals surface area contributed by atoms with Crippen LogP contribution in [0.3, 0.4) is 0 Å². The van der Waals surface area contributed by atoms with Crippen LogP contribution >= 0.6 is 12.4 Å². The monoisotopic (exact) mass is 361 g/mol.